The summed E-state index contributed by atoms with van der Waals surface area (Å²) in [5, 5.41) is 0. The van der Waals surface area contributed by atoms with Crippen LogP contribution in [0.2, 0.25) is 0 Å². The zero-order valence-electron chi connectivity index (χ0n) is 8.99. The Kier molecular flexibility index (Phi) is 4.63. The monoisotopic (exact) mass is 193 g/mol. The van der Waals surface area contributed by atoms with Crippen molar-refractivity contribution in [3.05, 3.63) is 35.4 Å². The lowest BCUT2D eigenvalue weighted by atomic mass is 10.0. The van der Waals surface area contributed by atoms with Gasteiger partial charge in [0.15, 0.2) is 0 Å². The molecule has 2 N–H and O–H groups in total. The molecule has 1 aromatic carbocycles. The molecular weight excluding hydrogens is 174 g/mol. The molecule has 1 atom stereocenters. The standard InChI is InChI=1S/C12H19NO/c1-3-4-10-5-7-11(8-6-10)12(13)9-14-2/h5-8,12H,3-4,9,13H2,1-2H3/t12-/m1/s1. The Morgan fingerprint density at radius 1 is 1.29 bits per heavy atom. The van der Waals surface area contributed by atoms with Crippen molar-refractivity contribution < 1.29 is 4.74 Å². The molecule has 0 bridgehead atoms. The summed E-state index contributed by atoms with van der Waals surface area (Å²) in [6.45, 7) is 2.76. The molecule has 0 spiro atoms. The Morgan fingerprint density at radius 2 is 1.93 bits per heavy atom. The maximum absolute atomic E-state index is 5.90. The number of hydrogen-bond donors (Lipinski definition) is 1. The van der Waals surface area contributed by atoms with Crippen molar-refractivity contribution in [3.8, 4) is 0 Å². The number of ether oxygens (including phenoxy) is 1. The smallest absolute Gasteiger partial charge is 0.0655 e. The number of hydrogen-bond acceptors (Lipinski definition) is 2. The topological polar surface area (TPSA) is 35.2 Å². The maximum atomic E-state index is 5.90. The molecule has 0 aliphatic carbocycles. The van der Waals surface area contributed by atoms with Crippen LogP contribution in [0.15, 0.2) is 24.3 Å². The quantitative estimate of drug-likeness (QED) is 0.778. The van der Waals surface area contributed by atoms with E-state index in [1.807, 2.05) is 0 Å². The fourth-order valence-corrected chi connectivity index (χ4v) is 1.50. The zero-order valence-corrected chi connectivity index (χ0v) is 8.99. The first kappa shape index (κ1) is 11.2. The van der Waals surface area contributed by atoms with Crippen LogP contribution in [-0.4, -0.2) is 13.7 Å². The van der Waals surface area contributed by atoms with Gasteiger partial charge in [-0.25, -0.2) is 0 Å². The first-order valence-electron chi connectivity index (χ1n) is 5.11. The average Bonchev–Trinajstić information content (AvgIpc) is 2.20. The average molecular weight is 193 g/mol. The molecule has 0 fully saturated rings. The summed E-state index contributed by atoms with van der Waals surface area (Å²) >= 11 is 0. The van der Waals surface area contributed by atoms with Gasteiger partial charge in [0.05, 0.1) is 12.6 Å². The van der Waals surface area contributed by atoms with E-state index in [2.05, 4.69) is 31.2 Å². The molecule has 78 valence electrons. The Morgan fingerprint density at radius 3 is 2.43 bits per heavy atom. The molecule has 0 aliphatic heterocycles. The second-order valence-electron chi connectivity index (χ2n) is 3.55. The molecule has 0 aliphatic rings. The van der Waals surface area contributed by atoms with Gasteiger partial charge < -0.3 is 10.5 Å². The van der Waals surface area contributed by atoms with E-state index in [0.717, 1.165) is 12.0 Å². The molecule has 1 aromatic rings. The van der Waals surface area contributed by atoms with Gasteiger partial charge >= 0.3 is 0 Å². The molecule has 0 radical (unpaired) electrons. The third-order valence-electron chi connectivity index (χ3n) is 2.29. The number of aryl methyl sites for hydroxylation is 1. The van der Waals surface area contributed by atoms with Gasteiger partial charge in [-0.05, 0) is 17.5 Å². The fourth-order valence-electron chi connectivity index (χ4n) is 1.50. The van der Waals surface area contributed by atoms with Crippen LogP contribution in [0.3, 0.4) is 0 Å². The molecule has 0 saturated carbocycles. The third-order valence-corrected chi connectivity index (χ3v) is 2.29. The van der Waals surface area contributed by atoms with Crippen molar-refractivity contribution >= 4 is 0 Å². The summed E-state index contributed by atoms with van der Waals surface area (Å²) in [5.74, 6) is 0. The highest BCUT2D eigenvalue weighted by molar-refractivity contribution is 5.24. The van der Waals surface area contributed by atoms with Gasteiger partial charge in [0, 0.05) is 7.11 Å². The van der Waals surface area contributed by atoms with E-state index >= 15 is 0 Å². The molecule has 0 amide bonds. The van der Waals surface area contributed by atoms with Crippen molar-refractivity contribution in [1.29, 1.82) is 0 Å². The minimum atomic E-state index is -0.00400. The van der Waals surface area contributed by atoms with Crippen LogP contribution in [0.5, 0.6) is 0 Å². The van der Waals surface area contributed by atoms with Crippen LogP contribution >= 0.6 is 0 Å². The molecule has 0 unspecified atom stereocenters. The number of rotatable bonds is 5. The second kappa shape index (κ2) is 5.78. The molecule has 0 saturated heterocycles. The van der Waals surface area contributed by atoms with Crippen LogP contribution in [0.4, 0.5) is 0 Å². The Bertz CT molecular complexity index is 256. The Balaban J connectivity index is 2.62. The van der Waals surface area contributed by atoms with Crippen molar-refractivity contribution in [2.45, 2.75) is 25.8 Å². The van der Waals surface area contributed by atoms with Crippen LogP contribution < -0.4 is 5.73 Å². The van der Waals surface area contributed by atoms with Crippen molar-refractivity contribution in [3.63, 3.8) is 0 Å². The van der Waals surface area contributed by atoms with E-state index in [1.165, 1.54) is 12.0 Å². The van der Waals surface area contributed by atoms with Gasteiger partial charge in [0.2, 0.25) is 0 Å². The van der Waals surface area contributed by atoms with Crippen LogP contribution in [0, 0.1) is 0 Å². The van der Waals surface area contributed by atoms with Crippen LogP contribution in [0.1, 0.15) is 30.5 Å². The first-order chi connectivity index (χ1) is 6.77. The molecule has 1 rings (SSSR count). The van der Waals surface area contributed by atoms with E-state index in [1.54, 1.807) is 7.11 Å². The minimum absolute atomic E-state index is 0.00400. The fraction of sp³-hybridized carbons (Fsp3) is 0.500. The van der Waals surface area contributed by atoms with Gasteiger partial charge in [0.25, 0.3) is 0 Å². The summed E-state index contributed by atoms with van der Waals surface area (Å²) in [7, 11) is 1.67. The summed E-state index contributed by atoms with van der Waals surface area (Å²) in [6, 6.07) is 8.47. The van der Waals surface area contributed by atoms with Gasteiger partial charge in [-0.15, -0.1) is 0 Å². The minimum Gasteiger partial charge on any atom is -0.383 e. The summed E-state index contributed by atoms with van der Waals surface area (Å²) in [5.41, 5.74) is 8.43. The van der Waals surface area contributed by atoms with Crippen molar-refractivity contribution in [2.75, 3.05) is 13.7 Å². The number of nitrogens with two attached hydrogens (primary N) is 1. The largest absolute Gasteiger partial charge is 0.383 e. The van der Waals surface area contributed by atoms with Gasteiger partial charge in [-0.2, -0.15) is 0 Å². The first-order valence-corrected chi connectivity index (χ1v) is 5.11. The van der Waals surface area contributed by atoms with Crippen LogP contribution in [-0.2, 0) is 11.2 Å². The molecule has 2 heteroatoms. The summed E-state index contributed by atoms with van der Waals surface area (Å²) < 4.78 is 5.01. The van der Waals surface area contributed by atoms with E-state index < -0.39 is 0 Å². The molecule has 0 heterocycles. The third kappa shape index (κ3) is 3.13. The molecule has 2 nitrogen and oxygen atoms in total. The van der Waals surface area contributed by atoms with Crippen LogP contribution in [0.25, 0.3) is 0 Å². The Labute approximate surface area is 86.1 Å². The Hall–Kier alpha value is -0.860. The van der Waals surface area contributed by atoms with E-state index in [9.17, 15) is 0 Å². The SMILES string of the molecule is CCCc1ccc([C@H](N)COC)cc1. The molecule has 0 aromatic heterocycles. The van der Waals surface area contributed by atoms with E-state index in [-0.39, 0.29) is 6.04 Å². The summed E-state index contributed by atoms with van der Waals surface area (Å²) in [4.78, 5) is 0. The summed E-state index contributed by atoms with van der Waals surface area (Å²) in [6.07, 6.45) is 2.32. The predicted octanol–water partition coefficient (Wildman–Crippen LogP) is 2.29. The highest BCUT2D eigenvalue weighted by atomic mass is 16.5. The highest BCUT2D eigenvalue weighted by Crippen LogP contribution is 2.12. The van der Waals surface area contributed by atoms with Crippen molar-refractivity contribution in [1.82, 2.24) is 0 Å². The number of benzene rings is 1. The van der Waals surface area contributed by atoms with Gasteiger partial charge in [-0.3, -0.25) is 0 Å². The lowest BCUT2D eigenvalue weighted by Gasteiger charge is -2.11. The second-order valence-corrected chi connectivity index (χ2v) is 3.55. The van der Waals surface area contributed by atoms with E-state index in [0.29, 0.717) is 6.61 Å². The molecular formula is C12H19NO. The normalized spacial score (nSPS) is 12.8. The molecule has 14 heavy (non-hydrogen) atoms. The van der Waals surface area contributed by atoms with Gasteiger partial charge in [0.1, 0.15) is 0 Å². The zero-order chi connectivity index (χ0) is 10.4. The highest BCUT2D eigenvalue weighted by Gasteiger charge is 2.04. The van der Waals surface area contributed by atoms with E-state index in [4.69, 9.17) is 10.5 Å². The maximum Gasteiger partial charge on any atom is 0.0655 e. The lowest BCUT2D eigenvalue weighted by molar-refractivity contribution is 0.181. The van der Waals surface area contributed by atoms with Gasteiger partial charge in [-0.1, -0.05) is 37.6 Å². The predicted molar refractivity (Wildman–Crippen MR) is 59.2 cm³/mol. The lowest BCUT2D eigenvalue weighted by Crippen LogP contribution is -2.15. The number of methoxy groups -OCH3 is 1. The van der Waals surface area contributed by atoms with Crippen molar-refractivity contribution in [2.24, 2.45) is 5.73 Å².